The van der Waals surface area contributed by atoms with Crippen molar-refractivity contribution in [2.45, 2.75) is 44.7 Å². The van der Waals surface area contributed by atoms with Gasteiger partial charge in [-0.3, -0.25) is 9.59 Å². The fourth-order valence-electron chi connectivity index (χ4n) is 4.80. The van der Waals surface area contributed by atoms with Gasteiger partial charge in [0.2, 0.25) is 0 Å². The molecule has 2 aliphatic rings. The Bertz CT molecular complexity index is 1100. The van der Waals surface area contributed by atoms with E-state index in [0.717, 1.165) is 36.8 Å². The molecule has 1 unspecified atom stereocenters. The summed E-state index contributed by atoms with van der Waals surface area (Å²) in [6.07, 6.45) is 3.70. The van der Waals surface area contributed by atoms with Crippen LogP contribution in [0.3, 0.4) is 0 Å². The maximum Gasteiger partial charge on any atom is 0.295 e. The molecule has 4 rings (SSSR count). The Kier molecular flexibility index (Phi) is 6.15. The normalized spacial score (nSPS) is 20.8. The van der Waals surface area contributed by atoms with Gasteiger partial charge in [-0.15, -0.1) is 0 Å². The fraction of sp³-hybridized carbons (Fsp3) is 0.360. The van der Waals surface area contributed by atoms with Crippen LogP contribution < -0.4 is 9.47 Å². The smallest absolute Gasteiger partial charge is 0.295 e. The van der Waals surface area contributed by atoms with E-state index in [9.17, 15) is 14.7 Å². The Morgan fingerprint density at radius 3 is 2.34 bits per heavy atom. The first kappa shape index (κ1) is 22.2. The van der Waals surface area contributed by atoms with Crippen LogP contribution in [-0.2, 0) is 9.59 Å². The van der Waals surface area contributed by atoms with Gasteiger partial charge >= 0.3 is 0 Å². The van der Waals surface area contributed by atoms with Gasteiger partial charge in [-0.1, -0.05) is 48.7 Å². The maximum absolute atomic E-state index is 13.3. The molecule has 1 heterocycles. The number of aliphatic hydroxyl groups is 1. The summed E-state index contributed by atoms with van der Waals surface area (Å²) in [5, 5.41) is 11.6. The van der Waals surface area contributed by atoms with Gasteiger partial charge in [0.15, 0.2) is 0 Å². The topological polar surface area (TPSA) is 76.1 Å². The molecule has 0 bridgehead atoms. The van der Waals surface area contributed by atoms with Crippen molar-refractivity contribution in [2.75, 3.05) is 14.2 Å². The number of carbonyl (C=O) groups excluding carboxylic acids is 2. The number of ether oxygens (including phenoxy) is 2. The molecule has 0 aromatic heterocycles. The summed E-state index contributed by atoms with van der Waals surface area (Å²) >= 11 is 6.31. The van der Waals surface area contributed by atoms with Gasteiger partial charge in [0, 0.05) is 12.1 Å². The average molecular weight is 456 g/mol. The van der Waals surface area contributed by atoms with Crippen LogP contribution in [0, 0.1) is 6.92 Å². The van der Waals surface area contributed by atoms with E-state index in [-0.39, 0.29) is 28.0 Å². The van der Waals surface area contributed by atoms with Crippen molar-refractivity contribution < 1.29 is 24.2 Å². The predicted molar refractivity (Wildman–Crippen MR) is 122 cm³/mol. The maximum atomic E-state index is 13.3. The number of methoxy groups -OCH3 is 2. The zero-order valence-corrected chi connectivity index (χ0v) is 19.1. The molecule has 32 heavy (non-hydrogen) atoms. The summed E-state index contributed by atoms with van der Waals surface area (Å²) < 4.78 is 10.7. The Labute approximate surface area is 192 Å². The molecular weight excluding hydrogens is 430 g/mol. The minimum atomic E-state index is -0.698. The highest BCUT2D eigenvalue weighted by atomic mass is 35.5. The van der Waals surface area contributed by atoms with E-state index in [1.54, 1.807) is 11.0 Å². The number of halogens is 1. The Balaban J connectivity index is 1.95. The number of hydrogen-bond acceptors (Lipinski definition) is 5. The number of likely N-dealkylation sites (tertiary alicyclic amines) is 1. The van der Waals surface area contributed by atoms with Crippen LogP contribution >= 0.6 is 11.6 Å². The van der Waals surface area contributed by atoms with E-state index < -0.39 is 17.7 Å². The zero-order chi connectivity index (χ0) is 23.0. The number of rotatable bonds is 5. The van der Waals surface area contributed by atoms with E-state index in [2.05, 4.69) is 0 Å². The highest BCUT2D eigenvalue weighted by molar-refractivity contribution is 6.46. The molecule has 1 atom stereocenters. The largest absolute Gasteiger partial charge is 0.507 e. The summed E-state index contributed by atoms with van der Waals surface area (Å²) in [6, 6.07) is 9.95. The number of hydrogen-bond donors (Lipinski definition) is 1. The molecule has 1 amide bonds. The van der Waals surface area contributed by atoms with E-state index in [1.165, 1.54) is 20.3 Å². The van der Waals surface area contributed by atoms with Crippen molar-refractivity contribution in [1.29, 1.82) is 0 Å². The summed E-state index contributed by atoms with van der Waals surface area (Å²) in [5.74, 6) is -0.915. The third kappa shape index (κ3) is 3.62. The van der Waals surface area contributed by atoms with Crippen LogP contribution in [0.4, 0.5) is 0 Å². The van der Waals surface area contributed by atoms with Crippen molar-refractivity contribution >= 4 is 29.1 Å². The molecule has 2 fully saturated rings. The van der Waals surface area contributed by atoms with Crippen molar-refractivity contribution in [1.82, 2.24) is 4.90 Å². The number of Topliss-reactive ketones (excluding diaryl/α,β-unsaturated/α-hetero) is 1. The van der Waals surface area contributed by atoms with Crippen LogP contribution in [0.1, 0.15) is 48.4 Å². The second kappa shape index (κ2) is 8.87. The predicted octanol–water partition coefficient (Wildman–Crippen LogP) is 5.03. The summed E-state index contributed by atoms with van der Waals surface area (Å²) in [6.45, 7) is 1.94. The third-order valence-corrected chi connectivity index (χ3v) is 6.71. The Morgan fingerprint density at radius 2 is 1.72 bits per heavy atom. The molecule has 0 radical (unpaired) electrons. The SMILES string of the molecule is COc1cc(OC)c(/C(O)=C2\C(=O)C(=O)N(C3CCCC3)C2c2ccccc2C)cc1Cl. The molecule has 0 spiro atoms. The summed E-state index contributed by atoms with van der Waals surface area (Å²) in [4.78, 5) is 28.2. The number of ketones is 1. The van der Waals surface area contributed by atoms with Crippen LogP contribution in [-0.4, -0.2) is 42.0 Å². The molecule has 1 aliphatic heterocycles. The molecule has 1 N–H and O–H groups in total. The molecule has 2 aromatic rings. The molecule has 168 valence electrons. The van der Waals surface area contributed by atoms with Gasteiger partial charge in [0.25, 0.3) is 11.7 Å². The van der Waals surface area contributed by atoms with Gasteiger partial charge < -0.3 is 19.5 Å². The van der Waals surface area contributed by atoms with Gasteiger partial charge in [0.1, 0.15) is 17.3 Å². The zero-order valence-electron chi connectivity index (χ0n) is 18.4. The number of aryl methyl sites for hydroxylation is 1. The minimum absolute atomic E-state index is 0.0392. The lowest BCUT2D eigenvalue weighted by Gasteiger charge is -2.31. The lowest BCUT2D eigenvalue weighted by atomic mass is 9.92. The molecule has 2 aromatic carbocycles. The van der Waals surface area contributed by atoms with E-state index in [0.29, 0.717) is 11.5 Å². The highest BCUT2D eigenvalue weighted by Gasteiger charge is 2.49. The quantitative estimate of drug-likeness (QED) is 0.388. The second-order valence-electron chi connectivity index (χ2n) is 8.19. The van der Waals surface area contributed by atoms with E-state index in [1.807, 2.05) is 31.2 Å². The monoisotopic (exact) mass is 455 g/mol. The van der Waals surface area contributed by atoms with E-state index in [4.69, 9.17) is 21.1 Å². The molecular formula is C25H26ClNO5. The molecule has 1 saturated heterocycles. The van der Waals surface area contributed by atoms with Gasteiger partial charge in [0.05, 0.1) is 36.4 Å². The fourth-order valence-corrected chi connectivity index (χ4v) is 5.04. The average Bonchev–Trinajstić information content (AvgIpc) is 3.40. The van der Waals surface area contributed by atoms with E-state index >= 15 is 0 Å². The van der Waals surface area contributed by atoms with Crippen LogP contribution in [0.25, 0.3) is 5.76 Å². The van der Waals surface area contributed by atoms with Crippen LogP contribution in [0.2, 0.25) is 5.02 Å². The molecule has 6 nitrogen and oxygen atoms in total. The number of nitrogens with zero attached hydrogens (tertiary/aromatic N) is 1. The summed E-state index contributed by atoms with van der Waals surface area (Å²) in [7, 11) is 2.93. The highest BCUT2D eigenvalue weighted by Crippen LogP contribution is 2.46. The first-order valence-electron chi connectivity index (χ1n) is 10.7. The Hall–Kier alpha value is -2.99. The lowest BCUT2D eigenvalue weighted by molar-refractivity contribution is -0.141. The first-order valence-corrected chi connectivity index (χ1v) is 11.0. The lowest BCUT2D eigenvalue weighted by Crippen LogP contribution is -2.37. The number of amides is 1. The Morgan fingerprint density at radius 1 is 1.06 bits per heavy atom. The molecule has 1 saturated carbocycles. The van der Waals surface area contributed by atoms with Crippen LogP contribution in [0.5, 0.6) is 11.5 Å². The first-order chi connectivity index (χ1) is 15.4. The number of benzene rings is 2. The van der Waals surface area contributed by atoms with Gasteiger partial charge in [-0.2, -0.15) is 0 Å². The molecule has 1 aliphatic carbocycles. The summed E-state index contributed by atoms with van der Waals surface area (Å²) in [5.41, 5.74) is 2.05. The number of carbonyl (C=O) groups is 2. The van der Waals surface area contributed by atoms with Crippen molar-refractivity contribution in [2.24, 2.45) is 0 Å². The number of aliphatic hydroxyl groups excluding tert-OH is 1. The van der Waals surface area contributed by atoms with Crippen molar-refractivity contribution in [3.63, 3.8) is 0 Å². The second-order valence-corrected chi connectivity index (χ2v) is 8.60. The minimum Gasteiger partial charge on any atom is -0.507 e. The van der Waals surface area contributed by atoms with Crippen LogP contribution in [0.15, 0.2) is 42.0 Å². The van der Waals surface area contributed by atoms with Gasteiger partial charge in [-0.05, 0) is 37.0 Å². The van der Waals surface area contributed by atoms with Gasteiger partial charge in [-0.25, -0.2) is 0 Å². The third-order valence-electron chi connectivity index (χ3n) is 6.41. The van der Waals surface area contributed by atoms with Crippen molar-refractivity contribution in [3.8, 4) is 11.5 Å². The van der Waals surface area contributed by atoms with Crippen molar-refractivity contribution in [3.05, 3.63) is 63.7 Å². The molecule has 7 heteroatoms. The standard InChI is InChI=1S/C25H26ClNO5/c1-14-8-4-7-11-16(14)22-21(24(29)25(30)27(22)15-9-5-6-10-15)23(28)17-12-18(26)20(32-3)13-19(17)31-2/h4,7-8,11-13,15,22,28H,5-6,9-10H2,1-3H3/b23-21+.